The molecule has 8 nitrogen and oxygen atoms in total. The number of rotatable bonds is 3. The molecule has 0 radical (unpaired) electrons. The fourth-order valence-corrected chi connectivity index (χ4v) is 2.88. The lowest BCUT2D eigenvalue weighted by Gasteiger charge is -2.12. The van der Waals surface area contributed by atoms with Crippen LogP contribution in [-0.2, 0) is 5.41 Å². The van der Waals surface area contributed by atoms with E-state index < -0.39 is 6.03 Å². The number of benzene rings is 2. The van der Waals surface area contributed by atoms with E-state index in [1.807, 2.05) is 37.5 Å². The largest absolute Gasteiger partial charge is 0.508 e. The number of aromatic nitrogens is 3. The summed E-state index contributed by atoms with van der Waals surface area (Å²) in [4.78, 5) is 16.5. The molecule has 0 aliphatic carbocycles. The summed E-state index contributed by atoms with van der Waals surface area (Å²) in [6, 6.07) is 13.7. The van der Waals surface area contributed by atoms with Gasteiger partial charge < -0.3 is 14.9 Å². The van der Waals surface area contributed by atoms with Crippen LogP contribution in [0.1, 0.15) is 26.5 Å². The van der Waals surface area contributed by atoms with Crippen molar-refractivity contribution in [2.24, 2.45) is 0 Å². The standard InChI is InChI=1S/C21H21N5O3/c1-21(2,3)18-11-19(25-29-18)24-20(28)23-13-4-6-14(7-5-13)26-12-22-16-10-15(27)8-9-17(16)26/h4-12,27H,1-3H3,(H2,23,24,25,28). The number of phenolic OH excluding ortho intramolecular Hbond substituents is 1. The summed E-state index contributed by atoms with van der Waals surface area (Å²) in [5, 5.41) is 18.9. The number of carbonyl (C=O) groups is 1. The Bertz CT molecular complexity index is 1170. The molecule has 0 aliphatic rings. The number of hydrogen-bond acceptors (Lipinski definition) is 5. The minimum absolute atomic E-state index is 0.176. The van der Waals surface area contributed by atoms with Crippen LogP contribution in [0.5, 0.6) is 5.75 Å². The van der Waals surface area contributed by atoms with Gasteiger partial charge in [0, 0.05) is 28.9 Å². The zero-order chi connectivity index (χ0) is 20.6. The van der Waals surface area contributed by atoms with Gasteiger partial charge in [-0.3, -0.25) is 9.88 Å². The Balaban J connectivity index is 1.45. The van der Waals surface area contributed by atoms with E-state index in [9.17, 15) is 9.90 Å². The molecule has 0 bridgehead atoms. The maximum absolute atomic E-state index is 12.2. The Morgan fingerprint density at radius 3 is 2.52 bits per heavy atom. The second-order valence-electron chi connectivity index (χ2n) is 7.74. The summed E-state index contributed by atoms with van der Waals surface area (Å²) in [5.74, 6) is 1.23. The van der Waals surface area contributed by atoms with Crippen molar-refractivity contribution in [3.05, 3.63) is 60.6 Å². The first kappa shape index (κ1) is 18.5. The first-order valence-corrected chi connectivity index (χ1v) is 9.11. The number of urea groups is 1. The SMILES string of the molecule is CC(C)(C)c1cc(NC(=O)Nc2ccc(-n3cnc4cc(O)ccc43)cc2)no1. The molecule has 4 rings (SSSR count). The summed E-state index contributed by atoms with van der Waals surface area (Å²) in [5.41, 5.74) is 2.91. The van der Waals surface area contributed by atoms with Gasteiger partial charge in [-0.25, -0.2) is 9.78 Å². The van der Waals surface area contributed by atoms with Crippen molar-refractivity contribution in [3.63, 3.8) is 0 Å². The highest BCUT2D eigenvalue weighted by Gasteiger charge is 2.20. The third-order valence-electron chi connectivity index (χ3n) is 4.43. The van der Waals surface area contributed by atoms with Crippen molar-refractivity contribution in [3.8, 4) is 11.4 Å². The summed E-state index contributed by atoms with van der Waals surface area (Å²) >= 11 is 0. The topological polar surface area (TPSA) is 105 Å². The smallest absolute Gasteiger partial charge is 0.324 e. The Morgan fingerprint density at radius 1 is 1.07 bits per heavy atom. The summed E-state index contributed by atoms with van der Waals surface area (Å²) < 4.78 is 7.17. The van der Waals surface area contributed by atoms with E-state index in [4.69, 9.17) is 4.52 Å². The van der Waals surface area contributed by atoms with E-state index in [0.29, 0.717) is 22.8 Å². The Kier molecular flexibility index (Phi) is 4.46. The number of aromatic hydroxyl groups is 1. The average Bonchev–Trinajstić information content (AvgIpc) is 3.29. The van der Waals surface area contributed by atoms with E-state index >= 15 is 0 Å². The number of nitrogens with one attached hydrogen (secondary N) is 2. The molecule has 0 saturated carbocycles. The fraction of sp³-hybridized carbons (Fsp3) is 0.190. The molecule has 29 heavy (non-hydrogen) atoms. The van der Waals surface area contributed by atoms with Gasteiger partial charge in [0.25, 0.3) is 0 Å². The molecule has 8 heteroatoms. The van der Waals surface area contributed by atoms with Crippen LogP contribution < -0.4 is 10.6 Å². The highest BCUT2D eigenvalue weighted by Crippen LogP contribution is 2.25. The van der Waals surface area contributed by atoms with Crippen molar-refractivity contribution < 1.29 is 14.4 Å². The molecule has 0 unspecified atom stereocenters. The van der Waals surface area contributed by atoms with Crippen LogP contribution in [-0.4, -0.2) is 25.8 Å². The zero-order valence-corrected chi connectivity index (χ0v) is 16.3. The zero-order valence-electron chi connectivity index (χ0n) is 16.3. The van der Waals surface area contributed by atoms with Crippen LogP contribution in [0.2, 0.25) is 0 Å². The number of fused-ring (bicyclic) bond motifs is 1. The number of carbonyl (C=O) groups excluding carboxylic acids is 1. The molecular formula is C21H21N5O3. The van der Waals surface area contributed by atoms with Crippen molar-refractivity contribution in [2.75, 3.05) is 10.6 Å². The van der Waals surface area contributed by atoms with Gasteiger partial charge in [-0.05, 0) is 36.4 Å². The number of amides is 2. The first-order valence-electron chi connectivity index (χ1n) is 9.11. The monoisotopic (exact) mass is 391 g/mol. The summed E-state index contributed by atoms with van der Waals surface area (Å²) in [6.07, 6.45) is 1.69. The summed E-state index contributed by atoms with van der Waals surface area (Å²) in [7, 11) is 0. The summed E-state index contributed by atoms with van der Waals surface area (Å²) in [6.45, 7) is 6.02. The fourth-order valence-electron chi connectivity index (χ4n) is 2.88. The third-order valence-corrected chi connectivity index (χ3v) is 4.43. The van der Waals surface area contributed by atoms with E-state index in [2.05, 4.69) is 20.8 Å². The molecule has 2 heterocycles. The van der Waals surface area contributed by atoms with E-state index in [0.717, 1.165) is 11.2 Å². The molecule has 0 atom stereocenters. The Morgan fingerprint density at radius 2 is 1.83 bits per heavy atom. The van der Waals surface area contributed by atoms with Gasteiger partial charge in [0.15, 0.2) is 5.82 Å². The van der Waals surface area contributed by atoms with E-state index in [-0.39, 0.29) is 11.2 Å². The molecule has 2 aromatic heterocycles. The number of imidazole rings is 1. The highest BCUT2D eigenvalue weighted by atomic mass is 16.5. The molecule has 0 spiro atoms. The van der Waals surface area contributed by atoms with Gasteiger partial charge in [-0.2, -0.15) is 0 Å². The van der Waals surface area contributed by atoms with E-state index in [1.165, 1.54) is 0 Å². The van der Waals surface area contributed by atoms with Crippen molar-refractivity contribution in [1.29, 1.82) is 0 Å². The Hall–Kier alpha value is -3.81. The van der Waals surface area contributed by atoms with Gasteiger partial charge in [-0.1, -0.05) is 25.9 Å². The van der Waals surface area contributed by atoms with Crippen LogP contribution in [0.3, 0.4) is 0 Å². The second kappa shape index (κ2) is 6.97. The molecule has 3 N–H and O–H groups in total. The lowest BCUT2D eigenvalue weighted by Crippen LogP contribution is -2.19. The normalized spacial score (nSPS) is 11.6. The predicted octanol–water partition coefficient (Wildman–Crippen LogP) is 4.66. The minimum atomic E-state index is -0.407. The van der Waals surface area contributed by atoms with E-state index in [1.54, 1.807) is 42.7 Å². The van der Waals surface area contributed by atoms with Crippen molar-refractivity contribution in [1.82, 2.24) is 14.7 Å². The highest BCUT2D eigenvalue weighted by molar-refractivity contribution is 5.99. The molecule has 2 amide bonds. The van der Waals surface area contributed by atoms with Gasteiger partial charge in [0.1, 0.15) is 17.8 Å². The van der Waals surface area contributed by atoms with Gasteiger partial charge in [0.05, 0.1) is 11.0 Å². The van der Waals surface area contributed by atoms with Crippen LogP contribution in [0.4, 0.5) is 16.3 Å². The van der Waals surface area contributed by atoms with Crippen LogP contribution in [0, 0.1) is 0 Å². The maximum Gasteiger partial charge on any atom is 0.324 e. The molecule has 0 fully saturated rings. The van der Waals surface area contributed by atoms with Crippen LogP contribution in [0.25, 0.3) is 16.7 Å². The van der Waals surface area contributed by atoms with Crippen LogP contribution >= 0.6 is 0 Å². The molecule has 4 aromatic rings. The number of anilines is 2. The lowest BCUT2D eigenvalue weighted by molar-refractivity contribution is 0.262. The second-order valence-corrected chi connectivity index (χ2v) is 7.74. The van der Waals surface area contributed by atoms with Crippen LogP contribution in [0.15, 0.2) is 59.4 Å². The third kappa shape index (κ3) is 3.91. The molecular weight excluding hydrogens is 370 g/mol. The molecule has 0 saturated heterocycles. The number of hydrogen-bond donors (Lipinski definition) is 3. The number of nitrogens with zero attached hydrogens (tertiary/aromatic N) is 3. The molecule has 148 valence electrons. The van der Waals surface area contributed by atoms with Gasteiger partial charge in [0.2, 0.25) is 0 Å². The number of phenols is 1. The minimum Gasteiger partial charge on any atom is -0.508 e. The molecule has 2 aromatic carbocycles. The van der Waals surface area contributed by atoms with Crippen molar-refractivity contribution in [2.45, 2.75) is 26.2 Å². The quantitative estimate of drug-likeness (QED) is 0.471. The lowest BCUT2D eigenvalue weighted by atomic mass is 9.93. The van der Waals surface area contributed by atoms with Crippen molar-refractivity contribution >= 4 is 28.6 Å². The average molecular weight is 391 g/mol. The Labute approximate surface area is 167 Å². The van der Waals surface area contributed by atoms with Gasteiger partial charge >= 0.3 is 6.03 Å². The first-order chi connectivity index (χ1) is 13.8. The maximum atomic E-state index is 12.2. The predicted molar refractivity (Wildman–Crippen MR) is 111 cm³/mol. The van der Waals surface area contributed by atoms with Gasteiger partial charge in [-0.15, -0.1) is 0 Å². The molecule has 0 aliphatic heterocycles.